The van der Waals surface area contributed by atoms with Gasteiger partial charge in [-0.1, -0.05) is 5.16 Å². The number of oxime groups is 1. The molecule has 1 aliphatic rings. The average Bonchev–Trinajstić information content (AvgIpc) is 2.16. The van der Waals surface area contributed by atoms with Crippen LogP contribution in [0.15, 0.2) is 5.16 Å². The van der Waals surface area contributed by atoms with Crippen molar-refractivity contribution in [2.45, 2.75) is 32.5 Å². The summed E-state index contributed by atoms with van der Waals surface area (Å²) in [5.74, 6) is 0. The zero-order valence-electron chi connectivity index (χ0n) is 7.32. The van der Waals surface area contributed by atoms with Crippen molar-refractivity contribution in [1.29, 1.82) is 0 Å². The summed E-state index contributed by atoms with van der Waals surface area (Å²) in [6, 6.07) is 0. The standard InChI is InChI=1S/C8H15NO3/c1-7(6-10)9-12-8-4-2-3-5-11-8/h8,10H,2-6H2,1H3/b9-7+. The first kappa shape index (κ1) is 9.48. The van der Waals surface area contributed by atoms with Crippen molar-refractivity contribution in [3.63, 3.8) is 0 Å². The van der Waals surface area contributed by atoms with Gasteiger partial charge in [0.05, 0.1) is 18.9 Å². The number of aliphatic hydroxyl groups is 1. The van der Waals surface area contributed by atoms with Crippen molar-refractivity contribution in [2.75, 3.05) is 13.2 Å². The first-order chi connectivity index (χ1) is 5.83. The third-order valence-corrected chi connectivity index (χ3v) is 1.69. The molecule has 1 atom stereocenters. The SMILES string of the molecule is C/C(CO)=N\OC1CCCCO1. The Morgan fingerprint density at radius 3 is 3.08 bits per heavy atom. The molecule has 1 saturated heterocycles. The van der Waals surface area contributed by atoms with Gasteiger partial charge in [0.1, 0.15) is 0 Å². The Kier molecular flexibility index (Phi) is 4.04. The zero-order chi connectivity index (χ0) is 8.81. The molecule has 0 radical (unpaired) electrons. The van der Waals surface area contributed by atoms with E-state index in [4.69, 9.17) is 14.7 Å². The van der Waals surface area contributed by atoms with Crippen LogP contribution in [0.25, 0.3) is 0 Å². The lowest BCUT2D eigenvalue weighted by Crippen LogP contribution is -2.20. The lowest BCUT2D eigenvalue weighted by Gasteiger charge is -2.20. The van der Waals surface area contributed by atoms with Gasteiger partial charge in [-0.05, 0) is 19.8 Å². The van der Waals surface area contributed by atoms with E-state index in [1.165, 1.54) is 0 Å². The Bertz CT molecular complexity index is 152. The van der Waals surface area contributed by atoms with Crippen molar-refractivity contribution in [2.24, 2.45) is 5.16 Å². The molecule has 0 amide bonds. The first-order valence-corrected chi connectivity index (χ1v) is 4.24. The Balaban J connectivity index is 2.21. The zero-order valence-corrected chi connectivity index (χ0v) is 7.32. The average molecular weight is 173 g/mol. The van der Waals surface area contributed by atoms with E-state index in [0.29, 0.717) is 5.71 Å². The van der Waals surface area contributed by atoms with Crippen LogP contribution < -0.4 is 0 Å². The third-order valence-electron chi connectivity index (χ3n) is 1.69. The van der Waals surface area contributed by atoms with Crippen LogP contribution >= 0.6 is 0 Å². The van der Waals surface area contributed by atoms with Gasteiger partial charge in [-0.2, -0.15) is 0 Å². The van der Waals surface area contributed by atoms with Crippen molar-refractivity contribution in [1.82, 2.24) is 0 Å². The quantitative estimate of drug-likeness (QED) is 0.509. The second-order valence-corrected chi connectivity index (χ2v) is 2.89. The molecular weight excluding hydrogens is 158 g/mol. The summed E-state index contributed by atoms with van der Waals surface area (Å²) in [6.45, 7) is 2.40. The predicted octanol–water partition coefficient (Wildman–Crippen LogP) is 0.898. The fourth-order valence-electron chi connectivity index (χ4n) is 0.972. The van der Waals surface area contributed by atoms with E-state index in [1.54, 1.807) is 6.92 Å². The van der Waals surface area contributed by atoms with E-state index in [2.05, 4.69) is 5.16 Å². The molecule has 1 heterocycles. The van der Waals surface area contributed by atoms with Gasteiger partial charge in [-0.15, -0.1) is 0 Å². The highest BCUT2D eigenvalue weighted by Gasteiger charge is 2.14. The third kappa shape index (κ3) is 3.19. The molecule has 1 aliphatic heterocycles. The summed E-state index contributed by atoms with van der Waals surface area (Å²) in [5.41, 5.74) is 0.573. The maximum absolute atomic E-state index is 8.61. The minimum Gasteiger partial charge on any atom is -0.390 e. The van der Waals surface area contributed by atoms with Crippen LogP contribution in [0.2, 0.25) is 0 Å². The van der Waals surface area contributed by atoms with Crippen LogP contribution in [-0.2, 0) is 9.57 Å². The van der Waals surface area contributed by atoms with E-state index in [-0.39, 0.29) is 12.9 Å². The van der Waals surface area contributed by atoms with Crippen LogP contribution in [0.5, 0.6) is 0 Å². The molecule has 0 aliphatic carbocycles. The molecule has 4 heteroatoms. The molecule has 0 aromatic heterocycles. The van der Waals surface area contributed by atoms with Gasteiger partial charge < -0.3 is 14.7 Å². The van der Waals surface area contributed by atoms with Gasteiger partial charge in [0, 0.05) is 6.42 Å². The lowest BCUT2D eigenvalue weighted by atomic mass is 10.2. The molecule has 4 nitrogen and oxygen atoms in total. The number of aliphatic hydroxyl groups excluding tert-OH is 1. The minimum atomic E-state index is -0.208. The molecule has 0 aromatic rings. The summed E-state index contributed by atoms with van der Waals surface area (Å²) < 4.78 is 5.26. The predicted molar refractivity (Wildman–Crippen MR) is 44.9 cm³/mol. The highest BCUT2D eigenvalue weighted by molar-refractivity contribution is 5.82. The van der Waals surface area contributed by atoms with Crippen LogP contribution in [-0.4, -0.2) is 30.3 Å². The van der Waals surface area contributed by atoms with Gasteiger partial charge in [0.2, 0.25) is 6.29 Å². The summed E-state index contributed by atoms with van der Waals surface area (Å²) in [7, 11) is 0. The molecule has 0 saturated carbocycles. The number of hydrogen-bond acceptors (Lipinski definition) is 4. The summed E-state index contributed by atoms with van der Waals surface area (Å²) in [6.07, 6.45) is 2.91. The van der Waals surface area contributed by atoms with Crippen LogP contribution in [0.3, 0.4) is 0 Å². The summed E-state index contributed by atoms with van der Waals surface area (Å²) in [4.78, 5) is 5.04. The molecule has 0 aromatic carbocycles. The molecule has 70 valence electrons. The first-order valence-electron chi connectivity index (χ1n) is 4.24. The maximum atomic E-state index is 8.61. The Labute approximate surface area is 72.2 Å². The van der Waals surface area contributed by atoms with Gasteiger partial charge >= 0.3 is 0 Å². The molecule has 1 N–H and O–H groups in total. The normalized spacial score (nSPS) is 25.5. The number of nitrogens with zero attached hydrogens (tertiary/aromatic N) is 1. The Hall–Kier alpha value is -0.610. The van der Waals surface area contributed by atoms with Crippen molar-refractivity contribution < 1.29 is 14.7 Å². The second kappa shape index (κ2) is 5.11. The summed E-state index contributed by atoms with van der Waals surface area (Å²) >= 11 is 0. The Morgan fingerprint density at radius 2 is 2.50 bits per heavy atom. The van der Waals surface area contributed by atoms with Gasteiger partial charge in [0.25, 0.3) is 0 Å². The highest BCUT2D eigenvalue weighted by atomic mass is 16.8. The molecule has 0 bridgehead atoms. The smallest absolute Gasteiger partial charge is 0.226 e. The maximum Gasteiger partial charge on any atom is 0.226 e. The number of hydrogen-bond donors (Lipinski definition) is 1. The second-order valence-electron chi connectivity index (χ2n) is 2.89. The highest BCUT2D eigenvalue weighted by Crippen LogP contribution is 2.13. The van der Waals surface area contributed by atoms with Crippen molar-refractivity contribution in [3.05, 3.63) is 0 Å². The van der Waals surface area contributed by atoms with Crippen molar-refractivity contribution in [3.8, 4) is 0 Å². The van der Waals surface area contributed by atoms with E-state index in [0.717, 1.165) is 25.9 Å². The van der Waals surface area contributed by atoms with Crippen LogP contribution in [0, 0.1) is 0 Å². The lowest BCUT2D eigenvalue weighted by molar-refractivity contribution is -0.162. The van der Waals surface area contributed by atoms with Gasteiger partial charge in [0.15, 0.2) is 0 Å². The van der Waals surface area contributed by atoms with Gasteiger partial charge in [-0.25, -0.2) is 0 Å². The molecule has 1 rings (SSSR count). The molecule has 1 unspecified atom stereocenters. The van der Waals surface area contributed by atoms with Crippen LogP contribution in [0.4, 0.5) is 0 Å². The summed E-state index contributed by atoms with van der Waals surface area (Å²) in [5, 5.41) is 12.3. The largest absolute Gasteiger partial charge is 0.390 e. The van der Waals surface area contributed by atoms with E-state index >= 15 is 0 Å². The fourth-order valence-corrected chi connectivity index (χ4v) is 0.972. The van der Waals surface area contributed by atoms with E-state index in [9.17, 15) is 0 Å². The fraction of sp³-hybridized carbons (Fsp3) is 0.875. The Morgan fingerprint density at radius 1 is 1.67 bits per heavy atom. The molecule has 12 heavy (non-hydrogen) atoms. The molecular formula is C8H15NO3. The topological polar surface area (TPSA) is 51.1 Å². The molecule has 0 spiro atoms. The van der Waals surface area contributed by atoms with E-state index in [1.807, 2.05) is 0 Å². The van der Waals surface area contributed by atoms with Crippen molar-refractivity contribution >= 4 is 5.71 Å². The minimum absolute atomic E-state index is 0.0628. The monoisotopic (exact) mass is 173 g/mol. The van der Waals surface area contributed by atoms with Crippen LogP contribution in [0.1, 0.15) is 26.2 Å². The van der Waals surface area contributed by atoms with E-state index < -0.39 is 0 Å². The number of ether oxygens (including phenoxy) is 1. The van der Waals surface area contributed by atoms with Gasteiger partial charge in [-0.3, -0.25) is 0 Å². The molecule has 1 fully saturated rings. The number of rotatable bonds is 3.